The van der Waals surface area contributed by atoms with E-state index in [2.05, 4.69) is 10.4 Å². The maximum absolute atomic E-state index is 5.99. The van der Waals surface area contributed by atoms with E-state index in [-0.39, 0.29) is 0 Å². The van der Waals surface area contributed by atoms with E-state index < -0.39 is 0 Å². The Morgan fingerprint density at radius 1 is 1.18 bits per heavy atom. The molecule has 0 spiro atoms. The van der Waals surface area contributed by atoms with Gasteiger partial charge in [-0.1, -0.05) is 23.2 Å². The SMILES string of the molecule is NNc1cc(Oc2ccc(Cl)cc2Cl)ccn1. The second-order valence-electron chi connectivity index (χ2n) is 3.20. The van der Waals surface area contributed by atoms with Gasteiger partial charge < -0.3 is 10.2 Å². The van der Waals surface area contributed by atoms with Crippen molar-refractivity contribution in [2.45, 2.75) is 0 Å². The van der Waals surface area contributed by atoms with Gasteiger partial charge in [0.15, 0.2) is 0 Å². The lowest BCUT2D eigenvalue weighted by Crippen LogP contribution is -2.08. The molecule has 1 heterocycles. The van der Waals surface area contributed by atoms with Gasteiger partial charge >= 0.3 is 0 Å². The van der Waals surface area contributed by atoms with Crippen molar-refractivity contribution in [1.29, 1.82) is 0 Å². The number of hydrogen-bond acceptors (Lipinski definition) is 4. The summed E-state index contributed by atoms with van der Waals surface area (Å²) in [6.45, 7) is 0. The van der Waals surface area contributed by atoms with Crippen LogP contribution in [0.25, 0.3) is 0 Å². The van der Waals surface area contributed by atoms with Crippen molar-refractivity contribution >= 4 is 29.0 Å². The largest absolute Gasteiger partial charge is 0.456 e. The van der Waals surface area contributed by atoms with Crippen LogP contribution in [0, 0.1) is 0 Å². The summed E-state index contributed by atoms with van der Waals surface area (Å²) in [7, 11) is 0. The number of aromatic nitrogens is 1. The van der Waals surface area contributed by atoms with Crippen molar-refractivity contribution in [2.24, 2.45) is 5.84 Å². The first-order valence-electron chi connectivity index (χ1n) is 4.74. The third-order valence-corrected chi connectivity index (χ3v) is 2.53. The van der Waals surface area contributed by atoms with Gasteiger partial charge in [-0.3, -0.25) is 0 Å². The fraction of sp³-hybridized carbons (Fsp3) is 0. The number of nitrogen functional groups attached to an aromatic ring is 1. The molecule has 0 radical (unpaired) electrons. The van der Waals surface area contributed by atoms with Crippen molar-refractivity contribution in [3.63, 3.8) is 0 Å². The van der Waals surface area contributed by atoms with Crippen molar-refractivity contribution < 1.29 is 4.74 Å². The maximum Gasteiger partial charge on any atom is 0.146 e. The molecular weight excluding hydrogens is 261 g/mol. The molecule has 0 aliphatic rings. The molecule has 0 unspecified atom stereocenters. The van der Waals surface area contributed by atoms with Gasteiger partial charge in [0, 0.05) is 17.3 Å². The van der Waals surface area contributed by atoms with Gasteiger partial charge in [-0.25, -0.2) is 10.8 Å². The highest BCUT2D eigenvalue weighted by Gasteiger charge is 2.04. The fourth-order valence-electron chi connectivity index (χ4n) is 1.24. The van der Waals surface area contributed by atoms with E-state index in [9.17, 15) is 0 Å². The number of nitrogens with two attached hydrogens (primary N) is 1. The molecule has 0 bridgehead atoms. The Bertz CT molecular complexity index is 534. The summed E-state index contributed by atoms with van der Waals surface area (Å²) in [6.07, 6.45) is 1.58. The third-order valence-electron chi connectivity index (χ3n) is 2.00. The first kappa shape index (κ1) is 12.0. The van der Waals surface area contributed by atoms with Crippen LogP contribution < -0.4 is 16.0 Å². The van der Waals surface area contributed by atoms with E-state index in [1.165, 1.54) is 0 Å². The summed E-state index contributed by atoms with van der Waals surface area (Å²) >= 11 is 11.8. The molecule has 0 saturated carbocycles. The van der Waals surface area contributed by atoms with Gasteiger partial charge in [-0.15, -0.1) is 0 Å². The molecule has 0 aliphatic heterocycles. The lowest BCUT2D eigenvalue weighted by atomic mass is 10.3. The molecule has 0 aliphatic carbocycles. The van der Waals surface area contributed by atoms with Crippen molar-refractivity contribution in [3.05, 3.63) is 46.6 Å². The Kier molecular flexibility index (Phi) is 3.68. The molecule has 0 fully saturated rings. The highest BCUT2D eigenvalue weighted by molar-refractivity contribution is 6.35. The molecule has 6 heteroatoms. The number of rotatable bonds is 3. The van der Waals surface area contributed by atoms with Crippen LogP contribution in [0.5, 0.6) is 11.5 Å². The molecule has 0 atom stereocenters. The number of anilines is 1. The number of hydrazine groups is 1. The van der Waals surface area contributed by atoms with Gasteiger partial charge in [0.05, 0.1) is 5.02 Å². The Labute approximate surface area is 108 Å². The van der Waals surface area contributed by atoms with E-state index in [0.717, 1.165) is 0 Å². The van der Waals surface area contributed by atoms with Crippen LogP contribution in [-0.2, 0) is 0 Å². The minimum Gasteiger partial charge on any atom is -0.456 e. The lowest BCUT2D eigenvalue weighted by Gasteiger charge is -2.08. The van der Waals surface area contributed by atoms with Crippen LogP contribution in [0.15, 0.2) is 36.5 Å². The average molecular weight is 270 g/mol. The summed E-state index contributed by atoms with van der Waals surface area (Å²) < 4.78 is 5.58. The monoisotopic (exact) mass is 269 g/mol. The molecule has 1 aromatic carbocycles. The van der Waals surface area contributed by atoms with E-state index in [4.69, 9.17) is 33.8 Å². The number of halogens is 2. The first-order valence-corrected chi connectivity index (χ1v) is 5.50. The van der Waals surface area contributed by atoms with Crippen molar-refractivity contribution in [1.82, 2.24) is 4.98 Å². The van der Waals surface area contributed by atoms with Crippen LogP contribution in [0.4, 0.5) is 5.82 Å². The molecule has 88 valence electrons. The summed E-state index contributed by atoms with van der Waals surface area (Å²) in [4.78, 5) is 3.97. The minimum atomic E-state index is 0.441. The van der Waals surface area contributed by atoms with Gasteiger partial charge in [0.1, 0.15) is 17.3 Å². The van der Waals surface area contributed by atoms with Crippen LogP contribution in [0.2, 0.25) is 10.0 Å². The predicted molar refractivity (Wildman–Crippen MR) is 68.6 cm³/mol. The van der Waals surface area contributed by atoms with Gasteiger partial charge in [-0.2, -0.15) is 0 Å². The molecule has 2 aromatic rings. The molecular formula is C11H9Cl2N3O. The zero-order valence-electron chi connectivity index (χ0n) is 8.65. The number of pyridine rings is 1. The molecule has 0 saturated heterocycles. The van der Waals surface area contributed by atoms with Crippen LogP contribution in [0.1, 0.15) is 0 Å². The van der Waals surface area contributed by atoms with Crippen molar-refractivity contribution in [3.8, 4) is 11.5 Å². The highest BCUT2D eigenvalue weighted by Crippen LogP contribution is 2.31. The lowest BCUT2D eigenvalue weighted by molar-refractivity contribution is 0.482. The molecule has 4 nitrogen and oxygen atoms in total. The topological polar surface area (TPSA) is 60.2 Å². The van der Waals surface area contributed by atoms with Crippen LogP contribution >= 0.6 is 23.2 Å². The summed E-state index contributed by atoms with van der Waals surface area (Å²) in [5.41, 5.74) is 2.43. The Morgan fingerprint density at radius 3 is 2.71 bits per heavy atom. The van der Waals surface area contributed by atoms with E-state index in [1.807, 2.05) is 0 Å². The van der Waals surface area contributed by atoms with Gasteiger partial charge in [0.2, 0.25) is 0 Å². The number of ether oxygens (including phenoxy) is 1. The van der Waals surface area contributed by atoms with Crippen molar-refractivity contribution in [2.75, 3.05) is 5.43 Å². The average Bonchev–Trinajstić information content (AvgIpc) is 2.33. The first-order chi connectivity index (χ1) is 8.19. The fourth-order valence-corrected chi connectivity index (χ4v) is 1.69. The van der Waals surface area contributed by atoms with E-state index in [0.29, 0.717) is 27.4 Å². The molecule has 17 heavy (non-hydrogen) atoms. The Morgan fingerprint density at radius 2 is 2.00 bits per heavy atom. The zero-order chi connectivity index (χ0) is 12.3. The van der Waals surface area contributed by atoms with Crippen LogP contribution in [-0.4, -0.2) is 4.98 Å². The van der Waals surface area contributed by atoms with Crippen LogP contribution in [0.3, 0.4) is 0 Å². The van der Waals surface area contributed by atoms with Gasteiger partial charge in [0.25, 0.3) is 0 Å². The minimum absolute atomic E-state index is 0.441. The van der Waals surface area contributed by atoms with Gasteiger partial charge in [-0.05, 0) is 24.3 Å². The van der Waals surface area contributed by atoms with E-state index >= 15 is 0 Å². The highest BCUT2D eigenvalue weighted by atomic mass is 35.5. The Balaban J connectivity index is 2.25. The number of hydrogen-bond donors (Lipinski definition) is 2. The number of nitrogens with one attached hydrogen (secondary N) is 1. The molecule has 2 rings (SSSR count). The molecule has 3 N–H and O–H groups in total. The maximum atomic E-state index is 5.99. The standard InChI is InChI=1S/C11H9Cl2N3O/c12-7-1-2-10(9(13)5-7)17-8-3-4-15-11(6-8)16-14/h1-6H,14H2,(H,15,16). The Hall–Kier alpha value is -1.49. The molecule has 0 amide bonds. The zero-order valence-corrected chi connectivity index (χ0v) is 10.2. The smallest absolute Gasteiger partial charge is 0.146 e. The second-order valence-corrected chi connectivity index (χ2v) is 4.04. The summed E-state index contributed by atoms with van der Waals surface area (Å²) in [5, 5.41) is 0.998. The summed E-state index contributed by atoms with van der Waals surface area (Å²) in [6, 6.07) is 8.37. The normalized spacial score (nSPS) is 10.1. The predicted octanol–water partition coefficient (Wildman–Crippen LogP) is 3.47. The summed E-state index contributed by atoms with van der Waals surface area (Å²) in [5.74, 6) is 6.86. The second kappa shape index (κ2) is 5.23. The molecule has 1 aromatic heterocycles. The number of benzene rings is 1. The third kappa shape index (κ3) is 3.00. The van der Waals surface area contributed by atoms with E-state index in [1.54, 1.807) is 36.5 Å². The quantitative estimate of drug-likeness (QED) is 0.662. The number of nitrogens with zero attached hydrogens (tertiary/aromatic N) is 1.